The van der Waals surface area contributed by atoms with E-state index in [0.29, 0.717) is 6.73 Å². The lowest BCUT2D eigenvalue weighted by atomic mass is 10.2. The van der Waals surface area contributed by atoms with Gasteiger partial charge in [0.15, 0.2) is 6.73 Å². The van der Waals surface area contributed by atoms with Crippen LogP contribution in [0.2, 0.25) is 0 Å². The second-order valence-corrected chi connectivity index (χ2v) is 2.63. The van der Waals surface area contributed by atoms with E-state index < -0.39 is 0 Å². The Bertz CT molecular complexity index is 490. The molecule has 0 saturated carbocycles. The highest BCUT2D eigenvalue weighted by Crippen LogP contribution is 2.06. The van der Waals surface area contributed by atoms with E-state index in [1.54, 1.807) is 6.21 Å². The normalized spacial score (nSPS) is 16.0. The molecule has 0 radical (unpaired) electrons. The maximum atomic E-state index is 5.24. The largest absolute Gasteiger partial charge is 0.469 e. The maximum absolute atomic E-state index is 5.24. The Hall–Kier alpha value is -1.71. The van der Waals surface area contributed by atoms with Crippen LogP contribution in [-0.2, 0) is 0 Å². The number of fused-ring (bicyclic) bond motifs is 3. The first-order chi connectivity index (χ1) is 5.95. The third kappa shape index (κ3) is 0.592. The molecule has 3 rings (SSSR count). The topological polar surface area (TPSA) is 46.3 Å². The van der Waals surface area contributed by atoms with Gasteiger partial charge in [0.2, 0.25) is 0 Å². The molecule has 2 aliphatic heterocycles. The van der Waals surface area contributed by atoms with Crippen LogP contribution in [0.5, 0.6) is 5.75 Å². The lowest BCUT2D eigenvalue weighted by molar-refractivity contribution is 0.352. The summed E-state index contributed by atoms with van der Waals surface area (Å²) in [6, 6.07) is 3.84. The molecular formula is C8H5N3O. The van der Waals surface area contributed by atoms with E-state index in [4.69, 9.17) is 4.74 Å². The minimum atomic E-state index is 0.404. The first-order valence-corrected chi connectivity index (χ1v) is 3.66. The molecule has 0 atom stereocenters. The van der Waals surface area contributed by atoms with Crippen molar-refractivity contribution in [3.8, 4) is 5.75 Å². The number of rotatable bonds is 0. The molecule has 0 unspecified atom stereocenters. The summed E-state index contributed by atoms with van der Waals surface area (Å²) < 4.78 is 5.24. The average molecular weight is 159 g/mol. The van der Waals surface area contributed by atoms with Crippen LogP contribution in [0.25, 0.3) is 0 Å². The lowest BCUT2D eigenvalue weighted by Crippen LogP contribution is -2.25. The monoisotopic (exact) mass is 159 g/mol. The van der Waals surface area contributed by atoms with Gasteiger partial charge < -0.3 is 4.74 Å². The van der Waals surface area contributed by atoms with Crippen LogP contribution >= 0.6 is 0 Å². The van der Waals surface area contributed by atoms with Gasteiger partial charge in [-0.15, -0.1) is 5.10 Å². The molecule has 0 aromatic heterocycles. The van der Waals surface area contributed by atoms with Crippen molar-refractivity contribution in [2.45, 2.75) is 0 Å². The molecule has 0 bridgehead atoms. The number of benzene rings is 1. The van der Waals surface area contributed by atoms with Crippen molar-refractivity contribution in [2.24, 2.45) is 15.2 Å². The van der Waals surface area contributed by atoms with Crippen molar-refractivity contribution in [2.75, 3.05) is 6.73 Å². The molecule has 58 valence electrons. The van der Waals surface area contributed by atoms with Gasteiger partial charge >= 0.3 is 0 Å². The van der Waals surface area contributed by atoms with Gasteiger partial charge in [-0.3, -0.25) is 0 Å². The Kier molecular flexibility index (Phi) is 0.935. The number of hydrogen-bond acceptors (Lipinski definition) is 4. The zero-order chi connectivity index (χ0) is 7.97. The van der Waals surface area contributed by atoms with Crippen molar-refractivity contribution in [1.29, 1.82) is 0 Å². The number of nitrogens with zero attached hydrogens (tertiary/aromatic N) is 3. The van der Waals surface area contributed by atoms with Gasteiger partial charge in [-0.1, -0.05) is 0 Å². The van der Waals surface area contributed by atoms with E-state index in [2.05, 4.69) is 15.2 Å². The van der Waals surface area contributed by atoms with Crippen LogP contribution in [0, 0.1) is 0 Å². The summed E-state index contributed by atoms with van der Waals surface area (Å²) in [5, 5.41) is 9.46. The van der Waals surface area contributed by atoms with E-state index in [0.717, 1.165) is 22.0 Å². The molecule has 0 amide bonds. The second-order valence-electron chi connectivity index (χ2n) is 2.63. The smallest absolute Gasteiger partial charge is 0.180 e. The summed E-state index contributed by atoms with van der Waals surface area (Å²) in [6.07, 6.45) is 1.73. The second kappa shape index (κ2) is 1.91. The molecule has 4 heteroatoms. The third-order valence-electron chi connectivity index (χ3n) is 1.94. The zero-order valence-electron chi connectivity index (χ0n) is 6.19. The molecule has 12 heavy (non-hydrogen) atoms. The molecular weight excluding hydrogens is 154 g/mol. The summed E-state index contributed by atoms with van der Waals surface area (Å²) >= 11 is 0. The molecule has 0 aliphatic carbocycles. The van der Waals surface area contributed by atoms with E-state index >= 15 is 0 Å². The van der Waals surface area contributed by atoms with E-state index in [9.17, 15) is 0 Å². The molecule has 1 aromatic rings. The van der Waals surface area contributed by atoms with Gasteiger partial charge in [0, 0.05) is 5.56 Å². The van der Waals surface area contributed by atoms with Gasteiger partial charge in [-0.25, -0.2) is 4.99 Å². The van der Waals surface area contributed by atoms with Crippen LogP contribution in [0.3, 0.4) is 0 Å². The standard InChI is InChI=1S/C8H5N3O/c1-2-6-8(9-4-12-6)7-5(1)3-10-11-7/h1-3H,4H2. The Labute approximate surface area is 67.9 Å². The first-order valence-electron chi connectivity index (χ1n) is 3.66. The van der Waals surface area contributed by atoms with Crippen molar-refractivity contribution < 1.29 is 4.74 Å². The highest BCUT2D eigenvalue weighted by Gasteiger charge is 2.11. The Morgan fingerprint density at radius 1 is 1.25 bits per heavy atom. The summed E-state index contributed by atoms with van der Waals surface area (Å²) in [4.78, 5) is 4.17. The predicted octanol–water partition coefficient (Wildman–Crippen LogP) is -0.377. The Morgan fingerprint density at radius 2 is 2.25 bits per heavy atom. The van der Waals surface area contributed by atoms with Crippen LogP contribution < -0.4 is 15.5 Å². The fourth-order valence-electron chi connectivity index (χ4n) is 1.37. The van der Waals surface area contributed by atoms with Crippen molar-refractivity contribution in [1.82, 2.24) is 0 Å². The van der Waals surface area contributed by atoms with E-state index in [1.165, 1.54) is 0 Å². The summed E-state index contributed by atoms with van der Waals surface area (Å²) in [5.41, 5.74) is 1.02. The first kappa shape index (κ1) is 5.88. The van der Waals surface area contributed by atoms with Crippen LogP contribution in [-0.4, -0.2) is 12.9 Å². The highest BCUT2D eigenvalue weighted by molar-refractivity contribution is 5.80. The van der Waals surface area contributed by atoms with Crippen LogP contribution in [0.1, 0.15) is 5.56 Å². The minimum absolute atomic E-state index is 0.404. The average Bonchev–Trinajstić information content (AvgIpc) is 2.71. The molecule has 2 heterocycles. The lowest BCUT2D eigenvalue weighted by Gasteiger charge is -1.93. The SMILES string of the molecule is C1=NN=c2c1ccc1c2=NCO1. The maximum Gasteiger partial charge on any atom is 0.180 e. The minimum Gasteiger partial charge on any atom is -0.469 e. The van der Waals surface area contributed by atoms with Gasteiger partial charge in [-0.05, 0) is 12.1 Å². The number of ether oxygens (including phenoxy) is 1. The summed E-state index contributed by atoms with van der Waals surface area (Å²) in [6.45, 7) is 0.404. The zero-order valence-corrected chi connectivity index (χ0v) is 6.19. The van der Waals surface area contributed by atoms with Gasteiger partial charge in [0.25, 0.3) is 0 Å². The van der Waals surface area contributed by atoms with E-state index in [1.807, 2.05) is 12.1 Å². The molecule has 1 aromatic carbocycles. The molecule has 2 aliphatic rings. The summed E-state index contributed by atoms with van der Waals surface area (Å²) in [5.74, 6) is 0.808. The quantitative estimate of drug-likeness (QED) is 0.509. The Balaban J connectivity index is 2.54. The summed E-state index contributed by atoms with van der Waals surface area (Å²) in [7, 11) is 0. The fourth-order valence-corrected chi connectivity index (χ4v) is 1.37. The van der Waals surface area contributed by atoms with Crippen LogP contribution in [0.4, 0.5) is 0 Å². The van der Waals surface area contributed by atoms with Gasteiger partial charge in [0.05, 0.1) is 6.21 Å². The highest BCUT2D eigenvalue weighted by atomic mass is 16.5. The number of hydrogen-bond donors (Lipinski definition) is 0. The molecule has 0 N–H and O–H groups in total. The fraction of sp³-hybridized carbons (Fsp3) is 0.125. The van der Waals surface area contributed by atoms with Crippen molar-refractivity contribution in [3.63, 3.8) is 0 Å². The Morgan fingerprint density at radius 3 is 3.25 bits per heavy atom. The van der Waals surface area contributed by atoms with Crippen LogP contribution in [0.15, 0.2) is 27.3 Å². The predicted molar refractivity (Wildman–Crippen MR) is 41.8 cm³/mol. The third-order valence-corrected chi connectivity index (χ3v) is 1.94. The molecule has 0 spiro atoms. The van der Waals surface area contributed by atoms with E-state index in [-0.39, 0.29) is 0 Å². The van der Waals surface area contributed by atoms with Gasteiger partial charge in [-0.2, -0.15) is 5.10 Å². The van der Waals surface area contributed by atoms with Gasteiger partial charge in [0.1, 0.15) is 16.5 Å². The van der Waals surface area contributed by atoms with Crippen molar-refractivity contribution >= 4 is 6.21 Å². The van der Waals surface area contributed by atoms with Crippen molar-refractivity contribution in [3.05, 3.63) is 28.4 Å². The molecule has 0 fully saturated rings. The molecule has 4 nitrogen and oxygen atoms in total. The molecule has 0 saturated heterocycles.